The molecule has 0 aromatic heterocycles. The lowest BCUT2D eigenvalue weighted by Gasteiger charge is -2.28. The van der Waals surface area contributed by atoms with Gasteiger partial charge in [0.05, 0.1) is 11.6 Å². The molecule has 2 amide bonds. The van der Waals surface area contributed by atoms with Crippen molar-refractivity contribution >= 4 is 35.6 Å². The Balaban J connectivity index is 1.46. The van der Waals surface area contributed by atoms with Gasteiger partial charge in [0, 0.05) is 55.6 Å². The van der Waals surface area contributed by atoms with Crippen molar-refractivity contribution < 1.29 is 19.5 Å². The summed E-state index contributed by atoms with van der Waals surface area (Å²) in [6.07, 6.45) is 3.83. The number of nitrogens with zero attached hydrogens (tertiary/aromatic N) is 1. The summed E-state index contributed by atoms with van der Waals surface area (Å²) in [4.78, 5) is 37.6. The van der Waals surface area contributed by atoms with Gasteiger partial charge >= 0.3 is 5.97 Å². The lowest BCUT2D eigenvalue weighted by Crippen LogP contribution is -2.49. The summed E-state index contributed by atoms with van der Waals surface area (Å²) in [5, 5.41) is 19.0. The summed E-state index contributed by atoms with van der Waals surface area (Å²) in [7, 11) is 0. The molecule has 0 spiro atoms. The molecule has 1 aliphatic carbocycles. The van der Waals surface area contributed by atoms with Gasteiger partial charge in [0.2, 0.25) is 5.91 Å². The number of benzene rings is 2. The number of carboxylic acids is 1. The van der Waals surface area contributed by atoms with Crippen LogP contribution in [0.1, 0.15) is 52.5 Å². The molecular formula is C27H35N5O4S. The van der Waals surface area contributed by atoms with Gasteiger partial charge in [-0.25, -0.2) is 9.52 Å². The van der Waals surface area contributed by atoms with E-state index in [0.717, 1.165) is 25.1 Å². The van der Waals surface area contributed by atoms with Gasteiger partial charge in [-0.2, -0.15) is 0 Å². The number of rotatable bonds is 12. The van der Waals surface area contributed by atoms with Crippen LogP contribution in [0.15, 0.2) is 48.5 Å². The highest BCUT2D eigenvalue weighted by molar-refractivity contribution is 7.98. The Bertz CT molecular complexity index is 1090. The first-order valence-corrected chi connectivity index (χ1v) is 13.6. The average Bonchev–Trinajstić information content (AvgIpc) is 3.75. The minimum absolute atomic E-state index is 0.0527. The third-order valence-corrected chi connectivity index (χ3v) is 7.46. The number of hydrogen-bond donors (Lipinski definition) is 5. The van der Waals surface area contributed by atoms with Crippen LogP contribution in [0.3, 0.4) is 0 Å². The maximum Gasteiger partial charge on any atom is 0.335 e. The predicted molar refractivity (Wildman–Crippen MR) is 146 cm³/mol. The predicted octanol–water partition coefficient (Wildman–Crippen LogP) is 2.59. The molecule has 0 bridgehead atoms. The molecule has 1 saturated heterocycles. The van der Waals surface area contributed by atoms with Crippen LogP contribution in [0.2, 0.25) is 0 Å². The SMILES string of the molecule is C[C@H](NC[C@H](Cc1ccccc1)NC(=O)c1cc(C(=O)O)cc(N2CCCNS2)c1)C(=O)NCC1CC1. The normalized spacial score (nSPS) is 17.1. The Morgan fingerprint density at radius 1 is 1.14 bits per heavy atom. The van der Waals surface area contributed by atoms with Crippen molar-refractivity contribution in [3.8, 4) is 0 Å². The molecule has 4 rings (SSSR count). The molecule has 2 fully saturated rings. The molecule has 37 heavy (non-hydrogen) atoms. The lowest BCUT2D eigenvalue weighted by molar-refractivity contribution is -0.122. The zero-order chi connectivity index (χ0) is 26.2. The molecule has 9 nitrogen and oxygen atoms in total. The van der Waals surface area contributed by atoms with Crippen molar-refractivity contribution in [3.63, 3.8) is 0 Å². The highest BCUT2D eigenvalue weighted by Crippen LogP contribution is 2.28. The van der Waals surface area contributed by atoms with Crippen LogP contribution in [0.25, 0.3) is 0 Å². The number of aromatic carboxylic acids is 1. The van der Waals surface area contributed by atoms with Crippen LogP contribution in [0, 0.1) is 5.92 Å². The van der Waals surface area contributed by atoms with Gasteiger partial charge < -0.3 is 25.4 Å². The summed E-state index contributed by atoms with van der Waals surface area (Å²) in [6, 6.07) is 13.8. The Morgan fingerprint density at radius 3 is 2.57 bits per heavy atom. The lowest BCUT2D eigenvalue weighted by atomic mass is 10.0. The fourth-order valence-corrected chi connectivity index (χ4v) is 4.95. The van der Waals surface area contributed by atoms with Crippen LogP contribution in [-0.4, -0.2) is 61.2 Å². The van der Waals surface area contributed by atoms with Gasteiger partial charge in [0.1, 0.15) is 0 Å². The number of carbonyl (C=O) groups is 3. The van der Waals surface area contributed by atoms with E-state index in [9.17, 15) is 19.5 Å². The van der Waals surface area contributed by atoms with E-state index in [0.29, 0.717) is 31.1 Å². The van der Waals surface area contributed by atoms with Crippen LogP contribution >= 0.6 is 12.1 Å². The quantitative estimate of drug-likeness (QED) is 0.268. The van der Waals surface area contributed by atoms with Crippen molar-refractivity contribution in [2.24, 2.45) is 5.92 Å². The van der Waals surface area contributed by atoms with E-state index < -0.39 is 12.0 Å². The maximum absolute atomic E-state index is 13.4. The van der Waals surface area contributed by atoms with Gasteiger partial charge in [-0.15, -0.1) is 0 Å². The van der Waals surface area contributed by atoms with Gasteiger partial charge in [0.15, 0.2) is 0 Å². The van der Waals surface area contributed by atoms with Crippen molar-refractivity contribution in [3.05, 3.63) is 65.2 Å². The van der Waals surface area contributed by atoms with Crippen molar-refractivity contribution in [2.45, 2.75) is 44.7 Å². The first-order chi connectivity index (χ1) is 17.9. The number of amides is 2. The van der Waals surface area contributed by atoms with E-state index in [1.807, 2.05) is 41.6 Å². The zero-order valence-electron chi connectivity index (χ0n) is 21.0. The molecular weight excluding hydrogens is 490 g/mol. The second-order valence-electron chi connectivity index (χ2n) is 9.69. The van der Waals surface area contributed by atoms with E-state index in [2.05, 4.69) is 20.7 Å². The van der Waals surface area contributed by atoms with E-state index in [4.69, 9.17) is 0 Å². The highest BCUT2D eigenvalue weighted by Gasteiger charge is 2.24. The van der Waals surface area contributed by atoms with Crippen molar-refractivity contribution in [1.29, 1.82) is 0 Å². The maximum atomic E-state index is 13.4. The van der Waals surface area contributed by atoms with E-state index in [-0.39, 0.29) is 29.0 Å². The summed E-state index contributed by atoms with van der Waals surface area (Å²) in [5.41, 5.74) is 2.07. The van der Waals surface area contributed by atoms with Gasteiger partial charge in [-0.05, 0) is 62.3 Å². The Hall–Kier alpha value is -3.08. The first-order valence-electron chi connectivity index (χ1n) is 12.8. The molecule has 0 unspecified atom stereocenters. The number of anilines is 1. The first kappa shape index (κ1) is 27.0. The second-order valence-corrected chi connectivity index (χ2v) is 10.6. The van der Waals surface area contributed by atoms with Crippen LogP contribution < -0.4 is 25.0 Å². The number of carbonyl (C=O) groups excluding carboxylic acids is 2. The molecule has 5 N–H and O–H groups in total. The van der Waals surface area contributed by atoms with E-state index in [1.54, 1.807) is 12.1 Å². The topological polar surface area (TPSA) is 123 Å². The monoisotopic (exact) mass is 525 g/mol. The number of hydrogen-bond acceptors (Lipinski definition) is 7. The molecule has 2 aromatic carbocycles. The molecule has 1 heterocycles. The smallest absolute Gasteiger partial charge is 0.335 e. The molecule has 1 saturated carbocycles. The third-order valence-electron chi connectivity index (χ3n) is 6.52. The van der Waals surface area contributed by atoms with Crippen molar-refractivity contribution in [1.82, 2.24) is 20.7 Å². The van der Waals surface area contributed by atoms with Gasteiger partial charge in [0.25, 0.3) is 5.91 Å². The largest absolute Gasteiger partial charge is 0.478 e. The summed E-state index contributed by atoms with van der Waals surface area (Å²) < 4.78 is 5.15. The molecule has 2 atom stereocenters. The minimum atomic E-state index is -1.08. The summed E-state index contributed by atoms with van der Waals surface area (Å²) >= 11 is 1.41. The van der Waals surface area contributed by atoms with Crippen LogP contribution in [0.4, 0.5) is 5.69 Å². The average molecular weight is 526 g/mol. The highest BCUT2D eigenvalue weighted by atomic mass is 32.2. The molecule has 2 aliphatic rings. The number of nitrogens with one attached hydrogen (secondary N) is 4. The number of carboxylic acid groups (broad SMARTS) is 1. The van der Waals surface area contributed by atoms with Crippen LogP contribution in [-0.2, 0) is 11.2 Å². The molecule has 1 aliphatic heterocycles. The van der Waals surface area contributed by atoms with E-state index in [1.165, 1.54) is 31.0 Å². The fourth-order valence-electron chi connectivity index (χ4n) is 4.13. The standard InChI is InChI=1S/C27H35N5O4S/c1-18(25(33)29-16-20-8-9-20)28-17-23(12-19-6-3-2-4-7-19)31-26(34)21-13-22(27(35)36)15-24(14-21)32-11-5-10-30-37-32/h2-4,6-7,13-15,18,20,23,28,30H,5,8-12,16-17H2,1H3,(H,29,33)(H,31,34)(H,35,36)/t18-,23-/m0/s1. The fraction of sp³-hybridized carbons (Fsp3) is 0.444. The van der Waals surface area contributed by atoms with Crippen LogP contribution in [0.5, 0.6) is 0 Å². The summed E-state index contributed by atoms with van der Waals surface area (Å²) in [6.45, 7) is 4.54. The Kier molecular flexibility index (Phi) is 9.43. The molecule has 0 radical (unpaired) electrons. The molecule has 2 aromatic rings. The zero-order valence-corrected chi connectivity index (χ0v) is 21.9. The minimum Gasteiger partial charge on any atom is -0.478 e. The molecule has 10 heteroatoms. The van der Waals surface area contributed by atoms with Crippen molar-refractivity contribution in [2.75, 3.05) is 30.5 Å². The second kappa shape index (κ2) is 12.9. The third kappa shape index (κ3) is 8.21. The van der Waals surface area contributed by atoms with Gasteiger partial charge in [-0.3, -0.25) is 9.59 Å². The van der Waals surface area contributed by atoms with Gasteiger partial charge in [-0.1, -0.05) is 30.3 Å². The Morgan fingerprint density at radius 2 is 1.89 bits per heavy atom. The van der Waals surface area contributed by atoms with E-state index >= 15 is 0 Å². The summed E-state index contributed by atoms with van der Waals surface area (Å²) in [5.74, 6) is -0.887. The molecule has 198 valence electrons. The Labute approximate surface area is 222 Å².